The molecule has 4 nitrogen and oxygen atoms in total. The van der Waals surface area contributed by atoms with E-state index in [2.05, 4.69) is 51.8 Å². The Balaban J connectivity index is 1.86. The standard InChI is InChI=1S/C19H22N4S/c1-3-14-4-6-15(7-5-14)16-12-24-19-17(16)18(21-13(2)22-19)23-10-8-20-9-11-23/h4-7,12,20H,3,8-11H2,1-2H3. The van der Waals surface area contributed by atoms with Gasteiger partial charge in [0.1, 0.15) is 16.5 Å². The molecule has 3 heterocycles. The van der Waals surface area contributed by atoms with Crippen molar-refractivity contribution in [1.29, 1.82) is 0 Å². The molecule has 1 saturated heterocycles. The highest BCUT2D eigenvalue weighted by Crippen LogP contribution is 2.38. The van der Waals surface area contributed by atoms with Gasteiger partial charge in [-0.3, -0.25) is 0 Å². The van der Waals surface area contributed by atoms with Gasteiger partial charge in [0.15, 0.2) is 0 Å². The predicted molar refractivity (Wildman–Crippen MR) is 102 cm³/mol. The number of aromatic nitrogens is 2. The Morgan fingerprint density at radius 1 is 1.12 bits per heavy atom. The summed E-state index contributed by atoms with van der Waals surface area (Å²) < 4.78 is 0. The van der Waals surface area contributed by atoms with Gasteiger partial charge in [-0.05, 0) is 24.5 Å². The quantitative estimate of drug-likeness (QED) is 0.792. The van der Waals surface area contributed by atoms with Crippen LogP contribution in [0.15, 0.2) is 29.6 Å². The summed E-state index contributed by atoms with van der Waals surface area (Å²) in [7, 11) is 0. The highest BCUT2D eigenvalue weighted by molar-refractivity contribution is 7.17. The molecule has 1 aliphatic rings. The van der Waals surface area contributed by atoms with Crippen LogP contribution in [-0.4, -0.2) is 36.1 Å². The molecule has 5 heteroatoms. The second-order valence-electron chi connectivity index (χ2n) is 6.21. The van der Waals surface area contributed by atoms with Crippen molar-refractivity contribution in [2.24, 2.45) is 0 Å². The maximum Gasteiger partial charge on any atom is 0.141 e. The van der Waals surface area contributed by atoms with Crippen molar-refractivity contribution in [3.8, 4) is 11.1 Å². The topological polar surface area (TPSA) is 41.1 Å². The van der Waals surface area contributed by atoms with Crippen molar-refractivity contribution in [2.75, 3.05) is 31.1 Å². The zero-order valence-electron chi connectivity index (χ0n) is 14.2. The highest BCUT2D eigenvalue weighted by atomic mass is 32.1. The molecule has 1 aliphatic heterocycles. The van der Waals surface area contributed by atoms with Crippen LogP contribution in [0.4, 0.5) is 5.82 Å². The van der Waals surface area contributed by atoms with Gasteiger partial charge in [-0.25, -0.2) is 9.97 Å². The van der Waals surface area contributed by atoms with E-state index in [9.17, 15) is 0 Å². The van der Waals surface area contributed by atoms with Crippen LogP contribution >= 0.6 is 11.3 Å². The molecular formula is C19H22N4S. The van der Waals surface area contributed by atoms with E-state index in [1.807, 2.05) is 6.92 Å². The van der Waals surface area contributed by atoms with E-state index in [-0.39, 0.29) is 0 Å². The summed E-state index contributed by atoms with van der Waals surface area (Å²) in [5.74, 6) is 1.94. The zero-order chi connectivity index (χ0) is 16.5. The maximum absolute atomic E-state index is 4.81. The third-order valence-electron chi connectivity index (χ3n) is 4.62. The smallest absolute Gasteiger partial charge is 0.141 e. The molecule has 4 rings (SSSR count). The molecule has 1 fully saturated rings. The molecule has 24 heavy (non-hydrogen) atoms. The number of hydrogen-bond donors (Lipinski definition) is 1. The third kappa shape index (κ3) is 2.78. The SMILES string of the molecule is CCc1ccc(-c2csc3nc(C)nc(N4CCNCC4)c23)cc1. The molecule has 0 amide bonds. The summed E-state index contributed by atoms with van der Waals surface area (Å²) in [6, 6.07) is 8.89. The van der Waals surface area contributed by atoms with Gasteiger partial charge in [0.25, 0.3) is 0 Å². The summed E-state index contributed by atoms with van der Waals surface area (Å²) in [4.78, 5) is 13.0. The van der Waals surface area contributed by atoms with Crippen LogP contribution in [0, 0.1) is 6.92 Å². The average Bonchev–Trinajstić information content (AvgIpc) is 3.05. The van der Waals surface area contributed by atoms with E-state index < -0.39 is 0 Å². The Kier molecular flexibility index (Phi) is 4.21. The fraction of sp³-hybridized carbons (Fsp3) is 0.368. The van der Waals surface area contributed by atoms with E-state index in [0.29, 0.717) is 0 Å². The number of thiophene rings is 1. The number of fused-ring (bicyclic) bond motifs is 1. The van der Waals surface area contributed by atoms with E-state index in [1.165, 1.54) is 22.1 Å². The molecule has 0 spiro atoms. The van der Waals surface area contributed by atoms with Gasteiger partial charge in [-0.1, -0.05) is 31.2 Å². The molecule has 124 valence electrons. The van der Waals surface area contributed by atoms with E-state index in [1.54, 1.807) is 11.3 Å². The number of piperazine rings is 1. The Labute approximate surface area is 146 Å². The van der Waals surface area contributed by atoms with Gasteiger partial charge in [0, 0.05) is 37.1 Å². The molecule has 0 radical (unpaired) electrons. The summed E-state index contributed by atoms with van der Waals surface area (Å²) in [6.45, 7) is 8.18. The van der Waals surface area contributed by atoms with Crippen molar-refractivity contribution in [3.05, 3.63) is 41.0 Å². The second-order valence-corrected chi connectivity index (χ2v) is 7.07. The van der Waals surface area contributed by atoms with E-state index >= 15 is 0 Å². The normalized spacial score (nSPS) is 15.2. The maximum atomic E-state index is 4.81. The van der Waals surface area contributed by atoms with Crippen molar-refractivity contribution in [3.63, 3.8) is 0 Å². The lowest BCUT2D eigenvalue weighted by Gasteiger charge is -2.29. The minimum Gasteiger partial charge on any atom is -0.353 e. The highest BCUT2D eigenvalue weighted by Gasteiger charge is 2.20. The van der Waals surface area contributed by atoms with Crippen LogP contribution in [0.3, 0.4) is 0 Å². The number of aryl methyl sites for hydroxylation is 2. The average molecular weight is 338 g/mol. The first kappa shape index (κ1) is 15.5. The van der Waals surface area contributed by atoms with Gasteiger partial charge in [-0.15, -0.1) is 11.3 Å². The third-order valence-corrected chi connectivity index (χ3v) is 5.49. The number of rotatable bonds is 3. The van der Waals surface area contributed by atoms with Crippen molar-refractivity contribution >= 4 is 27.4 Å². The van der Waals surface area contributed by atoms with Crippen LogP contribution in [0.2, 0.25) is 0 Å². The fourth-order valence-corrected chi connectivity index (χ4v) is 4.25. The molecule has 1 N–H and O–H groups in total. The Morgan fingerprint density at radius 3 is 2.58 bits per heavy atom. The lowest BCUT2D eigenvalue weighted by Crippen LogP contribution is -2.44. The molecule has 0 atom stereocenters. The molecule has 0 unspecified atom stereocenters. The van der Waals surface area contributed by atoms with E-state index in [0.717, 1.165) is 49.1 Å². The van der Waals surface area contributed by atoms with Crippen LogP contribution in [-0.2, 0) is 6.42 Å². The van der Waals surface area contributed by atoms with Crippen LogP contribution in [0.25, 0.3) is 21.3 Å². The van der Waals surface area contributed by atoms with Gasteiger partial charge in [0.05, 0.1) is 5.39 Å². The molecule has 0 saturated carbocycles. The van der Waals surface area contributed by atoms with Crippen LogP contribution in [0.5, 0.6) is 0 Å². The minimum atomic E-state index is 0.853. The number of hydrogen-bond acceptors (Lipinski definition) is 5. The number of nitrogens with zero attached hydrogens (tertiary/aromatic N) is 3. The predicted octanol–water partition coefficient (Wildman–Crippen LogP) is 3.64. The molecule has 2 aromatic heterocycles. The zero-order valence-corrected chi connectivity index (χ0v) is 15.0. The minimum absolute atomic E-state index is 0.853. The summed E-state index contributed by atoms with van der Waals surface area (Å²) >= 11 is 1.72. The lowest BCUT2D eigenvalue weighted by atomic mass is 10.0. The summed E-state index contributed by atoms with van der Waals surface area (Å²) in [6.07, 6.45) is 1.07. The second kappa shape index (κ2) is 6.49. The van der Waals surface area contributed by atoms with Crippen molar-refractivity contribution in [1.82, 2.24) is 15.3 Å². The Bertz CT molecular complexity index is 848. The molecule has 0 aliphatic carbocycles. The molecular weight excluding hydrogens is 316 g/mol. The van der Waals surface area contributed by atoms with Crippen LogP contribution < -0.4 is 10.2 Å². The first-order valence-electron chi connectivity index (χ1n) is 8.57. The van der Waals surface area contributed by atoms with Crippen molar-refractivity contribution in [2.45, 2.75) is 20.3 Å². The number of nitrogens with one attached hydrogen (secondary N) is 1. The molecule has 1 aromatic carbocycles. The first-order chi connectivity index (χ1) is 11.8. The fourth-order valence-electron chi connectivity index (χ4n) is 3.27. The molecule has 3 aromatic rings. The number of benzene rings is 1. The van der Waals surface area contributed by atoms with Gasteiger partial charge in [0.2, 0.25) is 0 Å². The molecule has 0 bridgehead atoms. The van der Waals surface area contributed by atoms with E-state index in [4.69, 9.17) is 4.98 Å². The van der Waals surface area contributed by atoms with Gasteiger partial charge >= 0.3 is 0 Å². The Hall–Kier alpha value is -1.98. The van der Waals surface area contributed by atoms with Gasteiger partial charge < -0.3 is 10.2 Å². The monoisotopic (exact) mass is 338 g/mol. The van der Waals surface area contributed by atoms with Crippen LogP contribution in [0.1, 0.15) is 18.3 Å². The van der Waals surface area contributed by atoms with Crippen molar-refractivity contribution < 1.29 is 0 Å². The summed E-state index contributed by atoms with van der Waals surface area (Å²) in [5, 5.41) is 6.85. The largest absolute Gasteiger partial charge is 0.353 e. The first-order valence-corrected chi connectivity index (χ1v) is 9.45. The summed E-state index contributed by atoms with van der Waals surface area (Å²) in [5.41, 5.74) is 3.88. The lowest BCUT2D eigenvalue weighted by molar-refractivity contribution is 0.585. The number of anilines is 1. The Morgan fingerprint density at radius 2 is 1.88 bits per heavy atom. The van der Waals surface area contributed by atoms with Gasteiger partial charge in [-0.2, -0.15) is 0 Å².